The number of hydrogen-bond acceptors (Lipinski definition) is 4. The van der Waals surface area contributed by atoms with E-state index in [2.05, 4.69) is 36.3 Å². The van der Waals surface area contributed by atoms with Crippen molar-refractivity contribution in [2.75, 3.05) is 12.4 Å². The van der Waals surface area contributed by atoms with Crippen LogP contribution in [0.2, 0.25) is 0 Å². The first-order chi connectivity index (χ1) is 14.6. The van der Waals surface area contributed by atoms with Gasteiger partial charge in [-0.05, 0) is 66.4 Å². The fraction of sp³-hybridized carbons (Fsp3) is 0.200. The summed E-state index contributed by atoms with van der Waals surface area (Å²) in [5.74, 6) is 1.44. The quantitative estimate of drug-likeness (QED) is 0.414. The molecule has 0 bridgehead atoms. The third-order valence-electron chi connectivity index (χ3n) is 5.29. The Morgan fingerprint density at radius 1 is 1.10 bits per heavy atom. The first-order valence-corrected chi connectivity index (χ1v) is 10.0. The molecule has 0 aliphatic heterocycles. The predicted octanol–water partition coefficient (Wildman–Crippen LogP) is 6.27. The van der Waals surface area contributed by atoms with E-state index < -0.39 is 0 Å². The first kappa shape index (κ1) is 19.7. The van der Waals surface area contributed by atoms with Crippen LogP contribution in [-0.4, -0.2) is 18.0 Å². The molecular formula is C25H24N2O3. The van der Waals surface area contributed by atoms with E-state index in [4.69, 9.17) is 9.15 Å². The van der Waals surface area contributed by atoms with Gasteiger partial charge >= 0.3 is 0 Å². The van der Waals surface area contributed by atoms with E-state index in [-0.39, 0.29) is 5.91 Å². The molecule has 1 N–H and O–H groups in total. The fourth-order valence-electron chi connectivity index (χ4n) is 3.31. The lowest BCUT2D eigenvalue weighted by Gasteiger charge is -2.07. The molecule has 1 aromatic heterocycles. The number of hydrogen-bond donors (Lipinski definition) is 1. The average molecular weight is 400 g/mol. The SMILES string of the molecule is CC[C@@H](C)c1ccc2oc(-c3cccc(NC(=O)c4cccc(OC)c4)c3)nc2c1. The molecule has 4 aromatic rings. The van der Waals surface area contributed by atoms with Gasteiger partial charge in [-0.2, -0.15) is 0 Å². The second-order valence-corrected chi connectivity index (χ2v) is 7.32. The van der Waals surface area contributed by atoms with Crippen molar-refractivity contribution in [2.45, 2.75) is 26.2 Å². The van der Waals surface area contributed by atoms with E-state index in [1.54, 1.807) is 31.4 Å². The Kier molecular flexibility index (Phi) is 5.53. The first-order valence-electron chi connectivity index (χ1n) is 10.0. The number of benzene rings is 3. The van der Waals surface area contributed by atoms with Gasteiger partial charge in [-0.1, -0.05) is 32.0 Å². The lowest BCUT2D eigenvalue weighted by molar-refractivity contribution is 0.102. The van der Waals surface area contributed by atoms with Gasteiger partial charge < -0.3 is 14.5 Å². The highest BCUT2D eigenvalue weighted by Crippen LogP contribution is 2.29. The monoisotopic (exact) mass is 400 g/mol. The minimum absolute atomic E-state index is 0.207. The molecule has 5 heteroatoms. The smallest absolute Gasteiger partial charge is 0.255 e. The molecule has 0 saturated carbocycles. The van der Waals surface area contributed by atoms with Crippen LogP contribution >= 0.6 is 0 Å². The van der Waals surface area contributed by atoms with Crippen molar-refractivity contribution < 1.29 is 13.9 Å². The second kappa shape index (κ2) is 8.41. The zero-order valence-electron chi connectivity index (χ0n) is 17.3. The maximum Gasteiger partial charge on any atom is 0.255 e. The second-order valence-electron chi connectivity index (χ2n) is 7.32. The van der Waals surface area contributed by atoms with Crippen LogP contribution in [0, 0.1) is 0 Å². The molecule has 0 radical (unpaired) electrons. The fourth-order valence-corrected chi connectivity index (χ4v) is 3.31. The number of aromatic nitrogens is 1. The van der Waals surface area contributed by atoms with Gasteiger partial charge in [0.15, 0.2) is 5.58 Å². The van der Waals surface area contributed by atoms with Gasteiger partial charge in [-0.25, -0.2) is 4.98 Å². The summed E-state index contributed by atoms with van der Waals surface area (Å²) < 4.78 is 11.1. The van der Waals surface area contributed by atoms with Crippen LogP contribution in [0.4, 0.5) is 5.69 Å². The predicted molar refractivity (Wildman–Crippen MR) is 119 cm³/mol. The van der Waals surface area contributed by atoms with Crippen LogP contribution in [0.3, 0.4) is 0 Å². The van der Waals surface area contributed by atoms with E-state index in [0.717, 1.165) is 23.1 Å². The number of nitrogens with one attached hydrogen (secondary N) is 1. The van der Waals surface area contributed by atoms with Gasteiger partial charge in [-0.3, -0.25) is 4.79 Å². The van der Waals surface area contributed by atoms with Crippen molar-refractivity contribution in [3.8, 4) is 17.2 Å². The Hall–Kier alpha value is -3.60. The Bertz CT molecular complexity index is 1200. The maximum atomic E-state index is 12.6. The molecule has 0 aliphatic carbocycles. The number of ether oxygens (including phenoxy) is 1. The summed E-state index contributed by atoms with van der Waals surface area (Å²) in [6, 6.07) is 20.7. The van der Waals surface area contributed by atoms with Crippen LogP contribution in [0.15, 0.2) is 71.1 Å². The highest BCUT2D eigenvalue weighted by molar-refractivity contribution is 6.04. The van der Waals surface area contributed by atoms with Crippen LogP contribution in [0.5, 0.6) is 5.75 Å². The molecule has 4 rings (SSSR count). The summed E-state index contributed by atoms with van der Waals surface area (Å²) in [5.41, 5.74) is 4.85. The lowest BCUT2D eigenvalue weighted by atomic mass is 9.98. The third kappa shape index (κ3) is 4.06. The largest absolute Gasteiger partial charge is 0.497 e. The minimum Gasteiger partial charge on any atom is -0.497 e. The van der Waals surface area contributed by atoms with Gasteiger partial charge in [0, 0.05) is 16.8 Å². The average Bonchev–Trinajstić information content (AvgIpc) is 3.22. The summed E-state index contributed by atoms with van der Waals surface area (Å²) >= 11 is 0. The molecule has 0 saturated heterocycles. The molecule has 5 nitrogen and oxygen atoms in total. The zero-order chi connectivity index (χ0) is 21.1. The van der Waals surface area contributed by atoms with Gasteiger partial charge in [0.1, 0.15) is 11.3 Å². The topological polar surface area (TPSA) is 64.4 Å². The summed E-state index contributed by atoms with van der Waals surface area (Å²) in [7, 11) is 1.58. The number of oxazole rings is 1. The highest BCUT2D eigenvalue weighted by Gasteiger charge is 2.13. The standard InChI is InChI=1S/C25H24N2O3/c1-4-16(2)17-11-12-23-22(15-17)27-25(30-23)19-8-5-9-20(13-19)26-24(28)18-7-6-10-21(14-18)29-3/h5-16H,4H2,1-3H3,(H,26,28)/t16-/m1/s1. The van der Waals surface area contributed by atoms with Gasteiger partial charge in [-0.15, -0.1) is 0 Å². The normalized spacial score (nSPS) is 12.0. The number of methoxy groups -OCH3 is 1. The summed E-state index contributed by atoms with van der Waals surface area (Å²) in [5, 5.41) is 2.92. The van der Waals surface area contributed by atoms with Crippen molar-refractivity contribution in [3.63, 3.8) is 0 Å². The number of amides is 1. The number of rotatable bonds is 6. The van der Waals surface area contributed by atoms with Crippen molar-refractivity contribution in [2.24, 2.45) is 0 Å². The van der Waals surface area contributed by atoms with E-state index in [1.807, 2.05) is 30.3 Å². The third-order valence-corrected chi connectivity index (χ3v) is 5.29. The van der Waals surface area contributed by atoms with Crippen molar-refractivity contribution in [1.82, 2.24) is 4.98 Å². The van der Waals surface area contributed by atoms with E-state index in [1.165, 1.54) is 5.56 Å². The Morgan fingerprint density at radius 3 is 2.73 bits per heavy atom. The van der Waals surface area contributed by atoms with Gasteiger partial charge in [0.05, 0.1) is 7.11 Å². The van der Waals surface area contributed by atoms with Crippen LogP contribution in [0.1, 0.15) is 42.1 Å². The maximum absolute atomic E-state index is 12.6. The van der Waals surface area contributed by atoms with E-state index in [9.17, 15) is 4.79 Å². The van der Waals surface area contributed by atoms with E-state index in [0.29, 0.717) is 28.8 Å². The van der Waals surface area contributed by atoms with Crippen LogP contribution in [-0.2, 0) is 0 Å². The molecule has 0 aliphatic rings. The summed E-state index contributed by atoms with van der Waals surface area (Å²) in [6.07, 6.45) is 1.07. The molecule has 0 spiro atoms. The molecule has 1 heterocycles. The number of anilines is 1. The molecule has 152 valence electrons. The van der Waals surface area contributed by atoms with Crippen molar-refractivity contribution >= 4 is 22.7 Å². The number of nitrogens with zero attached hydrogens (tertiary/aromatic N) is 1. The summed E-state index contributed by atoms with van der Waals surface area (Å²) in [6.45, 7) is 4.38. The van der Waals surface area contributed by atoms with Gasteiger partial charge in [0.25, 0.3) is 5.91 Å². The molecule has 30 heavy (non-hydrogen) atoms. The van der Waals surface area contributed by atoms with Gasteiger partial charge in [0.2, 0.25) is 5.89 Å². The number of carbonyl (C=O) groups is 1. The minimum atomic E-state index is -0.207. The molecule has 0 fully saturated rings. The van der Waals surface area contributed by atoms with Crippen molar-refractivity contribution in [1.29, 1.82) is 0 Å². The zero-order valence-corrected chi connectivity index (χ0v) is 17.3. The molecule has 3 aromatic carbocycles. The number of fused-ring (bicyclic) bond motifs is 1. The summed E-state index contributed by atoms with van der Waals surface area (Å²) in [4.78, 5) is 17.3. The molecule has 0 unspecified atom stereocenters. The van der Waals surface area contributed by atoms with E-state index >= 15 is 0 Å². The molecule has 1 amide bonds. The van der Waals surface area contributed by atoms with Crippen LogP contribution < -0.4 is 10.1 Å². The molecular weight excluding hydrogens is 376 g/mol. The van der Waals surface area contributed by atoms with Crippen molar-refractivity contribution in [3.05, 3.63) is 77.9 Å². The number of carbonyl (C=O) groups excluding carboxylic acids is 1. The lowest BCUT2D eigenvalue weighted by Crippen LogP contribution is -2.11. The Labute approximate surface area is 175 Å². The van der Waals surface area contributed by atoms with Crippen LogP contribution in [0.25, 0.3) is 22.6 Å². The highest BCUT2D eigenvalue weighted by atomic mass is 16.5. The Morgan fingerprint density at radius 2 is 1.93 bits per heavy atom. The Balaban J connectivity index is 1.59. The molecule has 1 atom stereocenters.